The van der Waals surface area contributed by atoms with E-state index in [-0.39, 0.29) is 12.2 Å². The molecule has 3 rings (SSSR count). The lowest BCUT2D eigenvalue weighted by molar-refractivity contribution is 0.0989. The number of carbonyl (C=O) groups is 1. The van der Waals surface area contributed by atoms with Gasteiger partial charge in [0.2, 0.25) is 0 Å². The fourth-order valence-corrected chi connectivity index (χ4v) is 3.87. The molecule has 0 aliphatic rings. The molecule has 0 radical (unpaired) electrons. The van der Waals surface area contributed by atoms with Gasteiger partial charge < -0.3 is 9.30 Å². The van der Waals surface area contributed by atoms with E-state index in [0.717, 1.165) is 30.4 Å². The number of ketones is 1. The van der Waals surface area contributed by atoms with E-state index in [0.29, 0.717) is 23.4 Å². The third-order valence-corrected chi connectivity index (χ3v) is 5.76. The summed E-state index contributed by atoms with van der Waals surface area (Å²) in [5.41, 5.74) is -0.263. The fraction of sp³-hybridized carbons (Fsp3) is 0.348. The average molecular weight is 446 g/mol. The first-order valence-electron chi connectivity index (χ1n) is 10.1. The Morgan fingerprint density at radius 1 is 1.10 bits per heavy atom. The zero-order valence-electron chi connectivity index (χ0n) is 17.7. The van der Waals surface area contributed by atoms with Crippen LogP contribution in [0.2, 0.25) is 0 Å². The lowest BCUT2D eigenvalue weighted by atomic mass is 10.1. The van der Waals surface area contributed by atoms with Crippen LogP contribution < -0.4 is 4.74 Å². The molecule has 0 N–H and O–H groups in total. The van der Waals surface area contributed by atoms with Gasteiger partial charge in [0, 0.05) is 6.54 Å². The van der Waals surface area contributed by atoms with Crippen LogP contribution in [0.3, 0.4) is 0 Å². The largest absolute Gasteiger partial charge is 0.486 e. The van der Waals surface area contributed by atoms with Crippen molar-refractivity contribution in [2.75, 3.05) is 0 Å². The quantitative estimate of drug-likeness (QED) is 0.303. The minimum atomic E-state index is -0.739. The van der Waals surface area contributed by atoms with Crippen molar-refractivity contribution >= 4 is 17.5 Å². The Bertz CT molecular complexity index is 1020. The molecule has 8 heteroatoms. The third-order valence-electron chi connectivity index (χ3n) is 4.68. The number of ether oxygens (including phenoxy) is 1. The molecule has 0 spiro atoms. The summed E-state index contributed by atoms with van der Waals surface area (Å²) in [4.78, 5) is 12.7. The van der Waals surface area contributed by atoms with Crippen molar-refractivity contribution in [1.29, 1.82) is 0 Å². The predicted octanol–water partition coefficient (Wildman–Crippen LogP) is 5.54. The normalized spacial score (nSPS) is 12.2. The zero-order valence-corrected chi connectivity index (χ0v) is 18.5. The van der Waals surface area contributed by atoms with Crippen molar-refractivity contribution in [2.24, 2.45) is 5.92 Å². The van der Waals surface area contributed by atoms with Crippen molar-refractivity contribution in [3.63, 3.8) is 0 Å². The summed E-state index contributed by atoms with van der Waals surface area (Å²) in [6.07, 6.45) is 0.894. The van der Waals surface area contributed by atoms with E-state index in [2.05, 4.69) is 24.0 Å². The number of rotatable bonds is 10. The van der Waals surface area contributed by atoms with E-state index < -0.39 is 22.7 Å². The molecule has 0 saturated heterocycles. The smallest absolute Gasteiger partial charge is 0.192 e. The molecule has 5 nitrogen and oxygen atoms in total. The summed E-state index contributed by atoms with van der Waals surface area (Å²) in [5.74, 6) is -0.0608. The number of carbonyl (C=O) groups excluding carboxylic acids is 1. The van der Waals surface area contributed by atoms with Crippen LogP contribution in [-0.2, 0) is 13.2 Å². The highest BCUT2D eigenvalue weighted by Gasteiger charge is 2.24. The number of thioether (sulfide) groups is 1. The first-order chi connectivity index (χ1) is 14.8. The van der Waals surface area contributed by atoms with Gasteiger partial charge >= 0.3 is 0 Å². The Morgan fingerprint density at radius 3 is 2.55 bits per heavy atom. The molecule has 1 aromatic heterocycles. The Morgan fingerprint density at radius 2 is 1.84 bits per heavy atom. The maximum Gasteiger partial charge on any atom is 0.192 e. The monoisotopic (exact) mass is 445 g/mol. The van der Waals surface area contributed by atoms with Gasteiger partial charge in [0.1, 0.15) is 24.0 Å². The van der Waals surface area contributed by atoms with Gasteiger partial charge in [0.25, 0.3) is 0 Å². The molecule has 31 heavy (non-hydrogen) atoms. The second-order valence-corrected chi connectivity index (χ2v) is 8.89. The Balaban J connectivity index is 1.78. The van der Waals surface area contributed by atoms with E-state index in [4.69, 9.17) is 4.74 Å². The molecule has 1 atom stereocenters. The molecule has 0 fully saturated rings. The minimum absolute atomic E-state index is 0.233. The molecule has 3 aromatic rings. The predicted molar refractivity (Wildman–Crippen MR) is 116 cm³/mol. The van der Waals surface area contributed by atoms with Gasteiger partial charge in [-0.25, -0.2) is 8.78 Å². The van der Waals surface area contributed by atoms with E-state index in [1.54, 1.807) is 6.92 Å². The van der Waals surface area contributed by atoms with Gasteiger partial charge in [-0.15, -0.1) is 10.2 Å². The van der Waals surface area contributed by atoms with Crippen molar-refractivity contribution in [3.8, 4) is 5.75 Å². The first kappa shape index (κ1) is 22.9. The lowest BCUT2D eigenvalue weighted by Crippen LogP contribution is -2.17. The van der Waals surface area contributed by atoms with Gasteiger partial charge in [-0.1, -0.05) is 43.8 Å². The lowest BCUT2D eigenvalue weighted by Gasteiger charge is -2.14. The topological polar surface area (TPSA) is 57.0 Å². The second-order valence-electron chi connectivity index (χ2n) is 7.58. The molecular formula is C23H25F2N3O2S. The highest BCUT2D eigenvalue weighted by atomic mass is 32.2. The van der Waals surface area contributed by atoms with Crippen LogP contribution in [0.15, 0.2) is 53.7 Å². The van der Waals surface area contributed by atoms with E-state index in [9.17, 15) is 13.6 Å². The number of hydrogen-bond donors (Lipinski definition) is 0. The van der Waals surface area contributed by atoms with E-state index in [1.807, 2.05) is 34.9 Å². The van der Waals surface area contributed by atoms with Gasteiger partial charge in [-0.2, -0.15) is 0 Å². The summed E-state index contributed by atoms with van der Waals surface area (Å²) >= 11 is 1.18. The maximum atomic E-state index is 14.0. The van der Waals surface area contributed by atoms with Gasteiger partial charge in [-0.3, -0.25) is 4.79 Å². The SMILES string of the molecule is CC(C)CCn1c(COc2ccccc2)nnc1SC(C)C(=O)c1cc(F)ccc1F. The molecule has 2 aromatic carbocycles. The molecule has 1 unspecified atom stereocenters. The molecule has 0 aliphatic carbocycles. The van der Waals surface area contributed by atoms with Gasteiger partial charge in [-0.05, 0) is 49.6 Å². The molecule has 0 bridgehead atoms. The summed E-state index contributed by atoms with van der Waals surface area (Å²) in [7, 11) is 0. The van der Waals surface area contributed by atoms with Gasteiger partial charge in [0.15, 0.2) is 16.8 Å². The van der Waals surface area contributed by atoms with Crippen molar-refractivity contribution in [2.45, 2.75) is 50.8 Å². The van der Waals surface area contributed by atoms with Crippen LogP contribution in [0.25, 0.3) is 0 Å². The first-order valence-corrected chi connectivity index (χ1v) is 11.0. The summed E-state index contributed by atoms with van der Waals surface area (Å²) < 4.78 is 35.3. The van der Waals surface area contributed by atoms with Crippen molar-refractivity contribution in [1.82, 2.24) is 14.8 Å². The van der Waals surface area contributed by atoms with Crippen LogP contribution in [-0.4, -0.2) is 25.8 Å². The van der Waals surface area contributed by atoms with Crippen molar-refractivity contribution < 1.29 is 18.3 Å². The highest BCUT2D eigenvalue weighted by Crippen LogP contribution is 2.27. The number of halogens is 2. The fourth-order valence-electron chi connectivity index (χ4n) is 2.91. The van der Waals surface area contributed by atoms with Gasteiger partial charge in [0.05, 0.1) is 10.8 Å². The number of para-hydroxylation sites is 1. The summed E-state index contributed by atoms with van der Waals surface area (Å²) in [6.45, 7) is 6.79. The van der Waals surface area contributed by atoms with Crippen LogP contribution >= 0.6 is 11.8 Å². The summed E-state index contributed by atoms with van der Waals surface area (Å²) in [6, 6.07) is 12.3. The molecule has 0 aliphatic heterocycles. The van der Waals surface area contributed by atoms with Crippen LogP contribution in [0.5, 0.6) is 5.75 Å². The average Bonchev–Trinajstić information content (AvgIpc) is 3.13. The Labute approximate surface area is 184 Å². The summed E-state index contributed by atoms with van der Waals surface area (Å²) in [5, 5.41) is 8.37. The molecular weight excluding hydrogens is 420 g/mol. The Hall–Kier alpha value is -2.74. The third kappa shape index (κ3) is 6.13. The molecule has 0 saturated carbocycles. The standard InChI is InChI=1S/C23H25F2N3O2S/c1-15(2)11-12-28-21(14-30-18-7-5-4-6-8-18)26-27-23(28)31-16(3)22(29)19-13-17(24)9-10-20(19)25/h4-10,13,15-16H,11-12,14H2,1-3H3. The molecule has 0 amide bonds. The number of benzene rings is 2. The van der Waals surface area contributed by atoms with Crippen LogP contribution in [0, 0.1) is 17.6 Å². The Kier molecular flexibility index (Phi) is 7.79. The zero-order chi connectivity index (χ0) is 22.4. The highest BCUT2D eigenvalue weighted by molar-refractivity contribution is 8.00. The van der Waals surface area contributed by atoms with E-state index >= 15 is 0 Å². The number of aromatic nitrogens is 3. The van der Waals surface area contributed by atoms with Crippen LogP contribution in [0.1, 0.15) is 43.4 Å². The number of nitrogens with zero attached hydrogens (tertiary/aromatic N) is 3. The molecule has 1 heterocycles. The molecule has 164 valence electrons. The van der Waals surface area contributed by atoms with E-state index in [1.165, 1.54) is 11.8 Å². The second kappa shape index (κ2) is 10.5. The maximum absolute atomic E-state index is 14.0. The van der Waals surface area contributed by atoms with Crippen LogP contribution in [0.4, 0.5) is 8.78 Å². The minimum Gasteiger partial charge on any atom is -0.486 e. The number of hydrogen-bond acceptors (Lipinski definition) is 5. The number of Topliss-reactive ketones (excluding diaryl/α,β-unsaturated/α-hetero) is 1. The van der Waals surface area contributed by atoms with Crippen molar-refractivity contribution in [3.05, 3.63) is 71.6 Å².